The lowest BCUT2D eigenvalue weighted by molar-refractivity contribution is 0.783. The maximum absolute atomic E-state index is 2.51. The van der Waals surface area contributed by atoms with Crippen LogP contribution in [0, 0.1) is 0 Å². The average Bonchev–Trinajstić information content (AvgIpc) is 3.46. The second-order valence-corrected chi connectivity index (χ2v) is 13.6. The highest BCUT2D eigenvalue weighted by atomic mass is 14.5. The molecule has 9 aromatic carbocycles. The minimum atomic E-state index is -0.508. The summed E-state index contributed by atoms with van der Waals surface area (Å²) in [5.74, 6) is 0. The van der Waals surface area contributed by atoms with Crippen LogP contribution in [0.3, 0.4) is 0 Å². The lowest BCUT2D eigenvalue weighted by Crippen LogP contribution is -2.32. The van der Waals surface area contributed by atoms with Crippen LogP contribution < -0.4 is 0 Å². The van der Waals surface area contributed by atoms with Crippen molar-refractivity contribution in [3.8, 4) is 44.5 Å². The Morgan fingerprint density at radius 3 is 1.69 bits per heavy atom. The highest BCUT2D eigenvalue weighted by Crippen LogP contribution is 2.64. The van der Waals surface area contributed by atoms with Crippen LogP contribution in [0.2, 0.25) is 0 Å². The number of fused-ring (bicyclic) bond motifs is 14. The summed E-state index contributed by atoms with van der Waals surface area (Å²) < 4.78 is 0. The molecule has 0 amide bonds. The molecule has 0 saturated heterocycles. The predicted octanol–water partition coefficient (Wildman–Crippen LogP) is 12.8. The van der Waals surface area contributed by atoms with Crippen molar-refractivity contribution < 1.29 is 0 Å². The van der Waals surface area contributed by atoms with E-state index < -0.39 is 5.41 Å². The zero-order chi connectivity index (χ0) is 32.1. The largest absolute Gasteiger partial charge is 0.0732 e. The standard InChI is InChI=1S/C49H30/c1-2-13-31(14-3-1)33-17-10-18-34(29-33)35-27-28-39-38-21-8-9-25-43(38)49(45(39)30-35)44-26-12-16-32-15-11-24-42(46(32)44)47-40-22-6-4-19-36(40)37-20-5-7-23-41(37)48(47)49/h1-30H. The fourth-order valence-electron chi connectivity index (χ4n) is 9.33. The Morgan fingerprint density at radius 2 is 0.857 bits per heavy atom. The number of benzene rings is 9. The molecular formula is C49H30. The Morgan fingerprint density at radius 1 is 0.306 bits per heavy atom. The summed E-state index contributed by atoms with van der Waals surface area (Å²) in [6, 6.07) is 68.1. The van der Waals surface area contributed by atoms with Crippen LogP contribution in [0.5, 0.6) is 0 Å². The van der Waals surface area contributed by atoms with Gasteiger partial charge in [-0.25, -0.2) is 0 Å². The van der Waals surface area contributed by atoms with Gasteiger partial charge >= 0.3 is 0 Å². The van der Waals surface area contributed by atoms with Crippen molar-refractivity contribution in [3.05, 3.63) is 204 Å². The molecule has 0 radical (unpaired) electrons. The zero-order valence-corrected chi connectivity index (χ0v) is 26.8. The summed E-state index contributed by atoms with van der Waals surface area (Å²) in [6.07, 6.45) is 0. The smallest absolute Gasteiger partial charge is 0.0622 e. The van der Waals surface area contributed by atoms with Gasteiger partial charge < -0.3 is 0 Å². The van der Waals surface area contributed by atoms with Crippen LogP contribution in [0.15, 0.2) is 182 Å². The Labute approximate surface area is 285 Å². The van der Waals surface area contributed by atoms with Gasteiger partial charge in [-0.05, 0) is 111 Å². The molecule has 0 saturated carbocycles. The van der Waals surface area contributed by atoms with Gasteiger partial charge in [-0.15, -0.1) is 0 Å². The molecule has 1 unspecified atom stereocenters. The fourth-order valence-corrected chi connectivity index (χ4v) is 9.33. The molecule has 11 rings (SSSR count). The molecule has 1 atom stereocenters. The molecular weight excluding hydrogens is 589 g/mol. The van der Waals surface area contributed by atoms with E-state index >= 15 is 0 Å². The summed E-state index contributed by atoms with van der Waals surface area (Å²) in [5.41, 5.74) is 15.2. The average molecular weight is 619 g/mol. The molecule has 0 bridgehead atoms. The molecule has 226 valence electrons. The maximum Gasteiger partial charge on any atom is 0.0732 e. The topological polar surface area (TPSA) is 0 Å². The number of hydrogen-bond donors (Lipinski definition) is 0. The monoisotopic (exact) mass is 618 g/mol. The Balaban J connectivity index is 1.33. The second-order valence-electron chi connectivity index (χ2n) is 13.6. The van der Waals surface area contributed by atoms with E-state index in [1.54, 1.807) is 0 Å². The first-order chi connectivity index (χ1) is 24.3. The lowest BCUT2D eigenvalue weighted by atomic mass is 9.59. The van der Waals surface area contributed by atoms with E-state index in [2.05, 4.69) is 182 Å². The Hall–Kier alpha value is -6.24. The van der Waals surface area contributed by atoms with E-state index in [1.807, 2.05) is 0 Å². The van der Waals surface area contributed by atoms with E-state index in [0.717, 1.165) is 0 Å². The summed E-state index contributed by atoms with van der Waals surface area (Å²) >= 11 is 0. The van der Waals surface area contributed by atoms with Crippen molar-refractivity contribution in [2.45, 2.75) is 5.41 Å². The van der Waals surface area contributed by atoms with Gasteiger partial charge in [0.2, 0.25) is 0 Å². The van der Waals surface area contributed by atoms with Gasteiger partial charge in [0.1, 0.15) is 0 Å². The highest BCUT2D eigenvalue weighted by molar-refractivity contribution is 6.22. The Bertz CT molecular complexity index is 2820. The molecule has 2 aliphatic rings. The minimum Gasteiger partial charge on any atom is -0.0622 e. The molecule has 49 heavy (non-hydrogen) atoms. The van der Waals surface area contributed by atoms with Gasteiger partial charge in [0.25, 0.3) is 0 Å². The maximum atomic E-state index is 2.51. The molecule has 1 spiro atoms. The molecule has 9 aromatic rings. The van der Waals surface area contributed by atoms with E-state index in [-0.39, 0.29) is 0 Å². The quantitative estimate of drug-likeness (QED) is 0.169. The van der Waals surface area contributed by atoms with Gasteiger partial charge in [-0.2, -0.15) is 0 Å². The van der Waals surface area contributed by atoms with Gasteiger partial charge in [-0.1, -0.05) is 170 Å². The predicted molar refractivity (Wildman–Crippen MR) is 206 cm³/mol. The third-order valence-electron chi connectivity index (χ3n) is 11.2. The van der Waals surface area contributed by atoms with Crippen molar-refractivity contribution in [3.63, 3.8) is 0 Å². The molecule has 0 aromatic heterocycles. The SMILES string of the molecule is c1ccc(-c2cccc(-c3ccc4c(c3)C3(c5ccccc5-4)c4c(c5ccccc5c5ccccc45)-c4cccc5cccc3c45)c2)cc1. The van der Waals surface area contributed by atoms with E-state index in [4.69, 9.17) is 0 Å². The van der Waals surface area contributed by atoms with Crippen molar-refractivity contribution in [2.24, 2.45) is 0 Å². The molecule has 2 aliphatic carbocycles. The first kappa shape index (κ1) is 26.8. The zero-order valence-electron chi connectivity index (χ0n) is 26.8. The van der Waals surface area contributed by atoms with Gasteiger partial charge in [0, 0.05) is 0 Å². The van der Waals surface area contributed by atoms with Crippen LogP contribution >= 0.6 is 0 Å². The number of hydrogen-bond acceptors (Lipinski definition) is 0. The number of rotatable bonds is 2. The van der Waals surface area contributed by atoms with Gasteiger partial charge in [0.05, 0.1) is 5.41 Å². The van der Waals surface area contributed by atoms with Crippen molar-refractivity contribution >= 4 is 32.3 Å². The van der Waals surface area contributed by atoms with E-state index in [9.17, 15) is 0 Å². The Kier molecular flexibility index (Phi) is 5.41. The summed E-state index contributed by atoms with van der Waals surface area (Å²) in [4.78, 5) is 0. The second kappa shape index (κ2) is 9.89. The minimum absolute atomic E-state index is 0.508. The third-order valence-corrected chi connectivity index (χ3v) is 11.2. The van der Waals surface area contributed by atoms with Crippen LogP contribution in [0.1, 0.15) is 22.3 Å². The highest BCUT2D eigenvalue weighted by Gasteiger charge is 2.51. The normalized spacial score (nSPS) is 15.4. The van der Waals surface area contributed by atoms with Crippen molar-refractivity contribution in [1.29, 1.82) is 0 Å². The molecule has 0 aliphatic heterocycles. The molecule has 0 fully saturated rings. The van der Waals surface area contributed by atoms with Crippen LogP contribution in [-0.2, 0) is 5.41 Å². The third kappa shape index (κ3) is 3.48. The van der Waals surface area contributed by atoms with Crippen LogP contribution in [0.25, 0.3) is 76.8 Å². The first-order valence-corrected chi connectivity index (χ1v) is 17.2. The fraction of sp³-hybridized carbons (Fsp3) is 0.0204. The molecule has 0 nitrogen and oxygen atoms in total. The van der Waals surface area contributed by atoms with E-state index in [1.165, 1.54) is 99.1 Å². The molecule has 0 N–H and O–H groups in total. The van der Waals surface area contributed by atoms with Crippen LogP contribution in [0.4, 0.5) is 0 Å². The van der Waals surface area contributed by atoms with Gasteiger partial charge in [-0.3, -0.25) is 0 Å². The van der Waals surface area contributed by atoms with Crippen molar-refractivity contribution in [1.82, 2.24) is 0 Å². The van der Waals surface area contributed by atoms with E-state index in [0.29, 0.717) is 0 Å². The van der Waals surface area contributed by atoms with Crippen molar-refractivity contribution in [2.75, 3.05) is 0 Å². The first-order valence-electron chi connectivity index (χ1n) is 17.2. The lowest BCUT2D eigenvalue weighted by Gasteiger charge is -2.41. The van der Waals surface area contributed by atoms with Crippen LogP contribution in [-0.4, -0.2) is 0 Å². The summed E-state index contributed by atoms with van der Waals surface area (Å²) in [5, 5.41) is 7.89. The molecule has 0 heteroatoms. The summed E-state index contributed by atoms with van der Waals surface area (Å²) in [7, 11) is 0. The van der Waals surface area contributed by atoms with Gasteiger partial charge in [0.15, 0.2) is 0 Å². The summed E-state index contributed by atoms with van der Waals surface area (Å²) in [6.45, 7) is 0. The molecule has 0 heterocycles.